The monoisotopic (exact) mass is 408 g/mol. The normalized spacial score (nSPS) is 17.8. The molecule has 0 radical (unpaired) electrons. The van der Waals surface area contributed by atoms with Gasteiger partial charge in [-0.2, -0.15) is 0 Å². The van der Waals surface area contributed by atoms with E-state index in [4.69, 9.17) is 4.74 Å². The fourth-order valence-corrected chi connectivity index (χ4v) is 3.04. The number of imidazole rings is 1. The Morgan fingerprint density at radius 1 is 1.40 bits per heavy atom. The van der Waals surface area contributed by atoms with Crippen LogP contribution in [0.4, 0.5) is 10.6 Å². The van der Waals surface area contributed by atoms with Crippen LogP contribution in [0.2, 0.25) is 0 Å². The third-order valence-electron chi connectivity index (χ3n) is 3.88. The topological polar surface area (TPSA) is 75.9 Å². The number of nitrogens with one attached hydrogen (secondary N) is 1. The van der Waals surface area contributed by atoms with Gasteiger partial charge in [0, 0.05) is 23.8 Å². The van der Waals surface area contributed by atoms with Crippen molar-refractivity contribution in [3.8, 4) is 0 Å². The molecule has 8 heteroatoms. The smallest absolute Gasteiger partial charge is 0.410 e. The van der Waals surface area contributed by atoms with E-state index in [2.05, 4.69) is 26.2 Å². The first-order chi connectivity index (χ1) is 11.7. The molecule has 1 aliphatic rings. The van der Waals surface area contributed by atoms with E-state index in [1.165, 1.54) is 0 Å². The number of halogens is 1. The number of fused-ring (bicyclic) bond motifs is 1. The molecule has 3 rings (SSSR count). The molecular weight excluding hydrogens is 388 g/mol. The van der Waals surface area contributed by atoms with Crippen LogP contribution in [0.15, 0.2) is 29.0 Å². The van der Waals surface area contributed by atoms with E-state index in [9.17, 15) is 9.59 Å². The maximum atomic E-state index is 12.5. The summed E-state index contributed by atoms with van der Waals surface area (Å²) in [4.78, 5) is 30.5. The second-order valence-electron chi connectivity index (χ2n) is 7.14. The zero-order chi connectivity index (χ0) is 18.2. The fraction of sp³-hybridized carbons (Fsp3) is 0.471. The van der Waals surface area contributed by atoms with Crippen LogP contribution in [-0.4, -0.2) is 45.0 Å². The van der Waals surface area contributed by atoms with Crippen molar-refractivity contribution in [2.75, 3.05) is 18.4 Å². The van der Waals surface area contributed by atoms with Crippen molar-refractivity contribution in [2.45, 2.75) is 32.8 Å². The number of carbonyl (C=O) groups excluding carboxylic acids is 2. The molecule has 134 valence electrons. The highest BCUT2D eigenvalue weighted by Gasteiger charge is 2.33. The lowest BCUT2D eigenvalue weighted by molar-refractivity contribution is -0.119. The van der Waals surface area contributed by atoms with Gasteiger partial charge in [-0.15, -0.1) is 0 Å². The lowest BCUT2D eigenvalue weighted by Gasteiger charge is -2.24. The van der Waals surface area contributed by atoms with Crippen LogP contribution in [0.3, 0.4) is 0 Å². The van der Waals surface area contributed by atoms with Crippen molar-refractivity contribution in [2.24, 2.45) is 5.92 Å². The van der Waals surface area contributed by atoms with E-state index in [0.717, 1.165) is 10.1 Å². The third kappa shape index (κ3) is 4.31. The first-order valence-corrected chi connectivity index (χ1v) is 8.93. The summed E-state index contributed by atoms with van der Waals surface area (Å²) < 4.78 is 8.11. The molecule has 0 saturated carbocycles. The van der Waals surface area contributed by atoms with Crippen LogP contribution in [0.25, 0.3) is 5.65 Å². The average molecular weight is 409 g/mol. The molecule has 1 fully saturated rings. The zero-order valence-electron chi connectivity index (χ0n) is 14.5. The van der Waals surface area contributed by atoms with Crippen molar-refractivity contribution >= 4 is 39.4 Å². The van der Waals surface area contributed by atoms with Crippen molar-refractivity contribution in [1.82, 2.24) is 14.3 Å². The maximum absolute atomic E-state index is 12.5. The van der Waals surface area contributed by atoms with Gasteiger partial charge >= 0.3 is 6.09 Å². The molecule has 1 atom stereocenters. The molecule has 0 bridgehead atoms. The number of anilines is 1. The SMILES string of the molecule is CC(C)(C)OC(=O)N1CC[C@H](C(=O)Nc2cn3ccc(Br)cc3n2)C1. The minimum absolute atomic E-state index is 0.131. The average Bonchev–Trinajstić information content (AvgIpc) is 3.11. The lowest BCUT2D eigenvalue weighted by Crippen LogP contribution is -2.36. The summed E-state index contributed by atoms with van der Waals surface area (Å²) in [5.74, 6) is 0.108. The van der Waals surface area contributed by atoms with Gasteiger partial charge in [0.15, 0.2) is 5.82 Å². The maximum Gasteiger partial charge on any atom is 0.410 e. The molecule has 25 heavy (non-hydrogen) atoms. The summed E-state index contributed by atoms with van der Waals surface area (Å²) in [6.45, 7) is 6.36. The number of ether oxygens (including phenoxy) is 1. The standard InChI is InChI=1S/C17H21BrN4O3/c1-17(2,3)25-16(24)22-6-4-11(9-22)15(23)20-13-10-21-7-5-12(18)8-14(21)19-13/h5,7-8,10-11H,4,6,9H2,1-3H3,(H,20,23)/t11-/m0/s1. The van der Waals surface area contributed by atoms with E-state index in [1.807, 2.05) is 43.5 Å². The number of nitrogens with zero attached hydrogens (tertiary/aromatic N) is 3. The van der Waals surface area contributed by atoms with Gasteiger partial charge in [0.05, 0.1) is 12.1 Å². The van der Waals surface area contributed by atoms with Crippen LogP contribution < -0.4 is 5.32 Å². The molecule has 0 aliphatic carbocycles. The van der Waals surface area contributed by atoms with Crippen molar-refractivity contribution in [3.05, 3.63) is 29.0 Å². The second-order valence-corrected chi connectivity index (χ2v) is 8.05. The Balaban J connectivity index is 1.61. The molecule has 0 aromatic carbocycles. The van der Waals surface area contributed by atoms with Crippen LogP contribution in [0, 0.1) is 5.92 Å². The number of hydrogen-bond acceptors (Lipinski definition) is 4. The van der Waals surface area contributed by atoms with Gasteiger partial charge in [0.25, 0.3) is 0 Å². The molecule has 0 unspecified atom stereocenters. The third-order valence-corrected chi connectivity index (χ3v) is 4.38. The summed E-state index contributed by atoms with van der Waals surface area (Å²) in [5.41, 5.74) is 0.203. The first kappa shape index (κ1) is 17.7. The molecule has 1 N–H and O–H groups in total. The molecular formula is C17H21BrN4O3. The number of likely N-dealkylation sites (tertiary alicyclic amines) is 1. The summed E-state index contributed by atoms with van der Waals surface area (Å²) in [6, 6.07) is 3.77. The second kappa shape index (κ2) is 6.67. The minimum atomic E-state index is -0.539. The highest BCUT2D eigenvalue weighted by atomic mass is 79.9. The van der Waals surface area contributed by atoms with Gasteiger partial charge < -0.3 is 19.4 Å². The Morgan fingerprint density at radius 2 is 2.16 bits per heavy atom. The van der Waals surface area contributed by atoms with Gasteiger partial charge in [-0.25, -0.2) is 9.78 Å². The highest BCUT2D eigenvalue weighted by Crippen LogP contribution is 2.21. The molecule has 7 nitrogen and oxygen atoms in total. The number of rotatable bonds is 2. The van der Waals surface area contributed by atoms with Crippen LogP contribution in [0.5, 0.6) is 0 Å². The summed E-state index contributed by atoms with van der Waals surface area (Å²) >= 11 is 3.40. The number of amides is 2. The Morgan fingerprint density at radius 3 is 2.88 bits per heavy atom. The van der Waals surface area contributed by atoms with Gasteiger partial charge in [-0.3, -0.25) is 4.79 Å². The first-order valence-electron chi connectivity index (χ1n) is 8.14. The Bertz CT molecular complexity index is 812. The summed E-state index contributed by atoms with van der Waals surface area (Å²) in [6.07, 6.45) is 3.87. The van der Waals surface area contributed by atoms with E-state index < -0.39 is 5.60 Å². The number of aromatic nitrogens is 2. The Hall–Kier alpha value is -2.09. The largest absolute Gasteiger partial charge is 0.444 e. The van der Waals surface area contributed by atoms with Crippen molar-refractivity contribution < 1.29 is 14.3 Å². The van der Waals surface area contributed by atoms with Gasteiger partial charge in [0.2, 0.25) is 5.91 Å². The molecule has 1 aliphatic heterocycles. The van der Waals surface area contributed by atoms with E-state index in [0.29, 0.717) is 25.3 Å². The number of pyridine rings is 1. The highest BCUT2D eigenvalue weighted by molar-refractivity contribution is 9.10. The number of hydrogen-bond donors (Lipinski definition) is 1. The summed E-state index contributed by atoms with van der Waals surface area (Å²) in [5, 5.41) is 2.84. The molecule has 2 aromatic heterocycles. The van der Waals surface area contributed by atoms with Crippen LogP contribution in [-0.2, 0) is 9.53 Å². The Labute approximate surface area is 154 Å². The molecule has 1 saturated heterocycles. The van der Waals surface area contributed by atoms with E-state index in [1.54, 1.807) is 11.1 Å². The van der Waals surface area contributed by atoms with Crippen LogP contribution in [0.1, 0.15) is 27.2 Å². The summed E-state index contributed by atoms with van der Waals surface area (Å²) in [7, 11) is 0. The predicted molar refractivity (Wildman–Crippen MR) is 97.4 cm³/mol. The lowest BCUT2D eigenvalue weighted by atomic mass is 10.1. The molecule has 0 spiro atoms. The van der Waals surface area contributed by atoms with Crippen LogP contribution >= 0.6 is 15.9 Å². The molecule has 3 heterocycles. The van der Waals surface area contributed by atoms with E-state index >= 15 is 0 Å². The van der Waals surface area contributed by atoms with Gasteiger partial charge in [-0.05, 0) is 39.3 Å². The fourth-order valence-electron chi connectivity index (χ4n) is 2.71. The van der Waals surface area contributed by atoms with Crippen molar-refractivity contribution in [3.63, 3.8) is 0 Å². The minimum Gasteiger partial charge on any atom is -0.444 e. The van der Waals surface area contributed by atoms with Crippen molar-refractivity contribution in [1.29, 1.82) is 0 Å². The van der Waals surface area contributed by atoms with Gasteiger partial charge in [-0.1, -0.05) is 15.9 Å². The Kier molecular flexibility index (Phi) is 4.73. The quantitative estimate of drug-likeness (QED) is 0.826. The zero-order valence-corrected chi connectivity index (χ0v) is 16.0. The molecule has 2 amide bonds. The van der Waals surface area contributed by atoms with E-state index in [-0.39, 0.29) is 17.9 Å². The predicted octanol–water partition coefficient (Wildman–Crippen LogP) is 3.29. The molecule has 2 aromatic rings. The van der Waals surface area contributed by atoms with Gasteiger partial charge in [0.1, 0.15) is 11.2 Å². The number of carbonyl (C=O) groups is 2.